The van der Waals surface area contributed by atoms with E-state index in [4.69, 9.17) is 4.74 Å². The van der Waals surface area contributed by atoms with Gasteiger partial charge in [0.2, 0.25) is 5.91 Å². The number of rotatable bonds is 6. The van der Waals surface area contributed by atoms with Crippen molar-refractivity contribution in [3.63, 3.8) is 0 Å². The monoisotopic (exact) mass is 309 g/mol. The van der Waals surface area contributed by atoms with Crippen molar-refractivity contribution in [1.82, 2.24) is 5.32 Å². The van der Waals surface area contributed by atoms with Crippen LogP contribution in [0.2, 0.25) is 0 Å². The van der Waals surface area contributed by atoms with Gasteiger partial charge in [-0.15, -0.1) is 0 Å². The standard InChI is InChI=1S/C19H19NO3/c1-23-19(22)14-17(16-10-6-3-7-11-16)20-18(21)13-12-15-8-4-2-5-9-15/h2-13,17H,14H2,1H3,(H,20,21)/b13-12+/t17-/m0/s1. The lowest BCUT2D eigenvalue weighted by Gasteiger charge is -2.17. The van der Waals surface area contributed by atoms with Crippen LogP contribution in [0.5, 0.6) is 0 Å². The topological polar surface area (TPSA) is 55.4 Å². The second-order valence-corrected chi connectivity index (χ2v) is 5.00. The Morgan fingerprint density at radius 3 is 2.26 bits per heavy atom. The van der Waals surface area contributed by atoms with Gasteiger partial charge in [0.1, 0.15) is 0 Å². The van der Waals surface area contributed by atoms with Crippen LogP contribution in [0.4, 0.5) is 0 Å². The molecule has 4 heteroatoms. The van der Waals surface area contributed by atoms with Gasteiger partial charge in [-0.25, -0.2) is 0 Å². The third kappa shape index (κ3) is 5.43. The molecule has 0 aliphatic heterocycles. The predicted octanol–water partition coefficient (Wildman–Crippen LogP) is 3.12. The first-order valence-corrected chi connectivity index (χ1v) is 7.34. The van der Waals surface area contributed by atoms with Gasteiger partial charge in [0.15, 0.2) is 0 Å². The van der Waals surface area contributed by atoms with E-state index < -0.39 is 6.04 Å². The molecule has 118 valence electrons. The number of carbonyl (C=O) groups is 2. The lowest BCUT2D eigenvalue weighted by atomic mass is 10.0. The van der Waals surface area contributed by atoms with Crippen LogP contribution in [0.15, 0.2) is 66.7 Å². The summed E-state index contributed by atoms with van der Waals surface area (Å²) in [5.41, 5.74) is 1.80. The molecule has 1 amide bonds. The maximum absolute atomic E-state index is 12.1. The van der Waals surface area contributed by atoms with E-state index in [-0.39, 0.29) is 18.3 Å². The van der Waals surface area contributed by atoms with Crippen molar-refractivity contribution in [2.45, 2.75) is 12.5 Å². The van der Waals surface area contributed by atoms with Gasteiger partial charge in [0, 0.05) is 6.08 Å². The Hall–Kier alpha value is -2.88. The molecule has 0 aromatic heterocycles. The maximum atomic E-state index is 12.1. The summed E-state index contributed by atoms with van der Waals surface area (Å²) in [6.07, 6.45) is 3.28. The van der Waals surface area contributed by atoms with Crippen LogP contribution in [-0.2, 0) is 14.3 Å². The highest BCUT2D eigenvalue weighted by Crippen LogP contribution is 2.17. The summed E-state index contributed by atoms with van der Waals surface area (Å²) >= 11 is 0. The zero-order chi connectivity index (χ0) is 16.5. The smallest absolute Gasteiger partial charge is 0.307 e. The molecule has 0 radical (unpaired) electrons. The summed E-state index contributed by atoms with van der Waals surface area (Å²) in [5.74, 6) is -0.627. The number of nitrogens with one attached hydrogen (secondary N) is 1. The average molecular weight is 309 g/mol. The molecular weight excluding hydrogens is 290 g/mol. The molecule has 1 atom stereocenters. The van der Waals surface area contributed by atoms with E-state index in [0.29, 0.717) is 0 Å². The molecule has 2 aromatic rings. The Bertz CT molecular complexity index is 666. The van der Waals surface area contributed by atoms with Gasteiger partial charge in [0.05, 0.1) is 19.6 Å². The van der Waals surface area contributed by atoms with Gasteiger partial charge >= 0.3 is 5.97 Å². The molecule has 0 heterocycles. The van der Waals surface area contributed by atoms with Gasteiger partial charge in [-0.3, -0.25) is 9.59 Å². The molecule has 0 aliphatic rings. The minimum absolute atomic E-state index is 0.0887. The molecule has 0 saturated heterocycles. The quantitative estimate of drug-likeness (QED) is 0.659. The molecule has 0 bridgehead atoms. The lowest BCUT2D eigenvalue weighted by Crippen LogP contribution is -2.29. The third-order valence-corrected chi connectivity index (χ3v) is 3.34. The van der Waals surface area contributed by atoms with Crippen LogP contribution in [0.1, 0.15) is 23.6 Å². The van der Waals surface area contributed by atoms with E-state index in [2.05, 4.69) is 5.32 Å². The van der Waals surface area contributed by atoms with E-state index in [1.165, 1.54) is 13.2 Å². The fourth-order valence-corrected chi connectivity index (χ4v) is 2.14. The van der Waals surface area contributed by atoms with Gasteiger partial charge < -0.3 is 10.1 Å². The van der Waals surface area contributed by atoms with Crippen molar-refractivity contribution in [1.29, 1.82) is 0 Å². The fourth-order valence-electron chi connectivity index (χ4n) is 2.14. The number of benzene rings is 2. The number of carbonyl (C=O) groups excluding carboxylic acids is 2. The molecule has 23 heavy (non-hydrogen) atoms. The first-order valence-electron chi connectivity index (χ1n) is 7.34. The van der Waals surface area contributed by atoms with E-state index in [9.17, 15) is 9.59 Å². The molecule has 2 aromatic carbocycles. The third-order valence-electron chi connectivity index (χ3n) is 3.34. The minimum atomic E-state index is -0.420. The van der Waals surface area contributed by atoms with Crippen LogP contribution in [0, 0.1) is 0 Å². The molecule has 2 rings (SSSR count). The van der Waals surface area contributed by atoms with E-state index in [0.717, 1.165) is 11.1 Å². The van der Waals surface area contributed by atoms with Crippen molar-refractivity contribution in [3.8, 4) is 0 Å². The van der Waals surface area contributed by atoms with Crippen molar-refractivity contribution >= 4 is 18.0 Å². The SMILES string of the molecule is COC(=O)C[C@H](NC(=O)/C=C/c1ccccc1)c1ccccc1. The van der Waals surface area contributed by atoms with Crippen LogP contribution in [-0.4, -0.2) is 19.0 Å². The number of esters is 1. The van der Waals surface area contributed by atoms with Crippen molar-refractivity contribution in [2.24, 2.45) is 0 Å². The molecule has 0 spiro atoms. The summed E-state index contributed by atoms with van der Waals surface area (Å²) in [4.78, 5) is 23.7. The number of hydrogen-bond acceptors (Lipinski definition) is 3. The van der Waals surface area contributed by atoms with Crippen LogP contribution < -0.4 is 5.32 Å². The molecule has 1 N–H and O–H groups in total. The Kier molecular flexibility index (Phi) is 6.12. The van der Waals surface area contributed by atoms with Gasteiger partial charge in [-0.2, -0.15) is 0 Å². The minimum Gasteiger partial charge on any atom is -0.469 e. The first kappa shape index (κ1) is 16.5. The van der Waals surface area contributed by atoms with Crippen molar-refractivity contribution in [2.75, 3.05) is 7.11 Å². The maximum Gasteiger partial charge on any atom is 0.307 e. The first-order chi connectivity index (χ1) is 11.2. The molecular formula is C19H19NO3. The highest BCUT2D eigenvalue weighted by atomic mass is 16.5. The largest absolute Gasteiger partial charge is 0.469 e. The van der Waals surface area contributed by atoms with Crippen LogP contribution in [0.3, 0.4) is 0 Å². The fraction of sp³-hybridized carbons (Fsp3) is 0.158. The van der Waals surface area contributed by atoms with Crippen molar-refractivity contribution < 1.29 is 14.3 Å². The second-order valence-electron chi connectivity index (χ2n) is 5.00. The Morgan fingerprint density at radius 1 is 1.04 bits per heavy atom. The predicted molar refractivity (Wildman–Crippen MR) is 89.4 cm³/mol. The number of amides is 1. The highest BCUT2D eigenvalue weighted by molar-refractivity contribution is 5.92. The number of ether oxygens (including phenoxy) is 1. The summed E-state index contributed by atoms with van der Waals surface area (Å²) < 4.78 is 4.70. The van der Waals surface area contributed by atoms with E-state index in [1.807, 2.05) is 60.7 Å². The normalized spacial score (nSPS) is 11.9. The highest BCUT2D eigenvalue weighted by Gasteiger charge is 2.17. The van der Waals surface area contributed by atoms with Gasteiger partial charge in [0.25, 0.3) is 0 Å². The number of methoxy groups -OCH3 is 1. The zero-order valence-corrected chi connectivity index (χ0v) is 12.9. The second kappa shape index (κ2) is 8.54. The Balaban J connectivity index is 2.06. The molecule has 0 aliphatic carbocycles. The lowest BCUT2D eigenvalue weighted by molar-refractivity contribution is -0.141. The van der Waals surface area contributed by atoms with Crippen LogP contribution >= 0.6 is 0 Å². The zero-order valence-electron chi connectivity index (χ0n) is 12.9. The van der Waals surface area contributed by atoms with Gasteiger partial charge in [-0.05, 0) is 17.2 Å². The van der Waals surface area contributed by atoms with E-state index >= 15 is 0 Å². The number of hydrogen-bond donors (Lipinski definition) is 1. The van der Waals surface area contributed by atoms with Gasteiger partial charge in [-0.1, -0.05) is 60.7 Å². The summed E-state index contributed by atoms with van der Waals surface area (Å²) in [6, 6.07) is 18.5. The summed E-state index contributed by atoms with van der Waals surface area (Å²) in [5, 5.41) is 2.84. The summed E-state index contributed by atoms with van der Waals surface area (Å²) in [6.45, 7) is 0. The molecule has 0 unspecified atom stereocenters. The Morgan fingerprint density at radius 2 is 1.65 bits per heavy atom. The molecule has 4 nitrogen and oxygen atoms in total. The van der Waals surface area contributed by atoms with E-state index in [1.54, 1.807) is 6.08 Å². The van der Waals surface area contributed by atoms with Crippen LogP contribution in [0.25, 0.3) is 6.08 Å². The van der Waals surface area contributed by atoms with Crippen molar-refractivity contribution in [3.05, 3.63) is 77.9 Å². The molecule has 0 fully saturated rings. The average Bonchev–Trinajstić information content (AvgIpc) is 2.61. The molecule has 0 saturated carbocycles. The summed E-state index contributed by atoms with van der Waals surface area (Å²) in [7, 11) is 1.33. The Labute approximate surface area is 135 Å².